The fourth-order valence-electron chi connectivity index (χ4n) is 4.39. The van der Waals surface area contributed by atoms with Gasteiger partial charge in [0.15, 0.2) is 0 Å². The third-order valence-corrected chi connectivity index (χ3v) is 5.77. The number of hydrogen-bond acceptors (Lipinski definition) is 3. The number of carbonyl (C=O) groups is 2. The minimum absolute atomic E-state index is 0.0550. The number of aromatic amines is 1. The molecule has 2 aromatic rings. The summed E-state index contributed by atoms with van der Waals surface area (Å²) in [5, 5.41) is 1.23. The maximum atomic E-state index is 12.7. The molecule has 1 saturated carbocycles. The number of fused-ring (bicyclic) bond motifs is 1. The molecule has 1 heterocycles. The fourth-order valence-corrected chi connectivity index (χ4v) is 4.39. The molecular weight excluding hydrogens is 348 g/mol. The van der Waals surface area contributed by atoms with Gasteiger partial charge in [-0.1, -0.05) is 45.4 Å². The number of rotatable bonds is 7. The van der Waals surface area contributed by atoms with E-state index in [0.29, 0.717) is 19.4 Å². The van der Waals surface area contributed by atoms with E-state index in [9.17, 15) is 9.59 Å². The van der Waals surface area contributed by atoms with Gasteiger partial charge in [0.25, 0.3) is 0 Å². The molecule has 0 saturated heterocycles. The third-order valence-electron chi connectivity index (χ3n) is 5.77. The lowest BCUT2D eigenvalue weighted by Gasteiger charge is -2.34. The largest absolute Gasteiger partial charge is 0.358 e. The van der Waals surface area contributed by atoms with Crippen LogP contribution in [0, 0.1) is 18.3 Å². The number of ketones is 2. The number of aryl methyl sites for hydroxylation is 1. The van der Waals surface area contributed by atoms with Crippen LogP contribution in [0.15, 0.2) is 29.3 Å². The number of nitrogens with zero attached hydrogens (tertiary/aromatic N) is 1. The number of H-pyrrole nitrogens is 1. The van der Waals surface area contributed by atoms with Gasteiger partial charge in [0.1, 0.15) is 17.5 Å². The quantitative estimate of drug-likeness (QED) is 0.669. The van der Waals surface area contributed by atoms with Gasteiger partial charge in [-0.2, -0.15) is 0 Å². The Morgan fingerprint density at radius 3 is 2.75 bits per heavy atom. The lowest BCUT2D eigenvalue weighted by Crippen LogP contribution is -2.42. The fraction of sp³-hybridized carbons (Fsp3) is 0.542. The van der Waals surface area contributed by atoms with Crippen molar-refractivity contribution in [1.29, 1.82) is 0 Å². The molecule has 28 heavy (non-hydrogen) atoms. The van der Waals surface area contributed by atoms with Crippen molar-refractivity contribution in [3.05, 3.63) is 35.5 Å². The van der Waals surface area contributed by atoms with Gasteiger partial charge in [0.05, 0.1) is 0 Å². The van der Waals surface area contributed by atoms with Crippen LogP contribution in [0.25, 0.3) is 10.9 Å². The molecule has 1 N–H and O–H groups in total. The number of hydrogen-bond donors (Lipinski definition) is 1. The van der Waals surface area contributed by atoms with Crippen LogP contribution in [-0.4, -0.2) is 28.8 Å². The highest BCUT2D eigenvalue weighted by atomic mass is 16.2. The first-order valence-electron chi connectivity index (χ1n) is 10.5. The predicted octanol–water partition coefficient (Wildman–Crippen LogP) is 5.22. The summed E-state index contributed by atoms with van der Waals surface area (Å²) in [4.78, 5) is 33.7. The Morgan fingerprint density at radius 2 is 2.00 bits per heavy atom. The van der Waals surface area contributed by atoms with Gasteiger partial charge >= 0.3 is 0 Å². The van der Waals surface area contributed by atoms with Crippen molar-refractivity contribution in [1.82, 2.24) is 4.98 Å². The van der Waals surface area contributed by atoms with Crippen molar-refractivity contribution >= 4 is 28.2 Å². The van der Waals surface area contributed by atoms with Crippen LogP contribution in [0.2, 0.25) is 0 Å². The van der Waals surface area contributed by atoms with Crippen molar-refractivity contribution in [2.75, 3.05) is 6.54 Å². The van der Waals surface area contributed by atoms with E-state index in [1.54, 1.807) is 0 Å². The van der Waals surface area contributed by atoms with Crippen LogP contribution in [0.1, 0.15) is 64.1 Å². The molecule has 1 fully saturated rings. The minimum atomic E-state index is -0.608. The van der Waals surface area contributed by atoms with Crippen molar-refractivity contribution in [2.24, 2.45) is 16.3 Å². The first kappa shape index (κ1) is 20.5. The molecule has 0 aliphatic heterocycles. The summed E-state index contributed by atoms with van der Waals surface area (Å²) in [6.45, 7) is 8.96. The van der Waals surface area contributed by atoms with Crippen molar-refractivity contribution in [2.45, 2.75) is 66.2 Å². The lowest BCUT2D eigenvalue weighted by atomic mass is 9.69. The Balaban J connectivity index is 1.80. The average molecular weight is 381 g/mol. The number of unbranched alkanes of at least 4 members (excludes halogenated alkanes) is 1. The summed E-state index contributed by atoms with van der Waals surface area (Å²) in [6, 6.07) is 8.30. The molecule has 1 atom stereocenters. The minimum Gasteiger partial charge on any atom is -0.358 e. The van der Waals surface area contributed by atoms with E-state index in [1.807, 2.05) is 6.07 Å². The van der Waals surface area contributed by atoms with E-state index >= 15 is 0 Å². The molecule has 0 unspecified atom stereocenters. The molecule has 1 aromatic heterocycles. The summed E-state index contributed by atoms with van der Waals surface area (Å²) in [5.74, 6) is -0.493. The maximum Gasteiger partial charge on any atom is 0.149 e. The van der Waals surface area contributed by atoms with Crippen LogP contribution < -0.4 is 0 Å². The van der Waals surface area contributed by atoms with E-state index in [4.69, 9.17) is 4.99 Å². The van der Waals surface area contributed by atoms with Gasteiger partial charge in [-0.15, -0.1) is 0 Å². The zero-order valence-electron chi connectivity index (χ0n) is 17.6. The predicted molar refractivity (Wildman–Crippen MR) is 115 cm³/mol. The molecule has 3 rings (SSSR count). The Morgan fingerprint density at radius 1 is 1.25 bits per heavy atom. The SMILES string of the molecule is CCCCC(=O)[C@@H]1C(=O)CC(C)(C)CC1=NCCc1c(C)[nH]c2ccccc12. The van der Waals surface area contributed by atoms with Crippen molar-refractivity contribution in [3.63, 3.8) is 0 Å². The first-order chi connectivity index (χ1) is 13.3. The van der Waals surface area contributed by atoms with E-state index < -0.39 is 5.92 Å². The van der Waals surface area contributed by atoms with E-state index in [1.165, 1.54) is 10.9 Å². The van der Waals surface area contributed by atoms with Gasteiger partial charge in [0.2, 0.25) is 0 Å². The van der Waals surface area contributed by atoms with Gasteiger partial charge in [0, 0.05) is 41.7 Å². The molecule has 1 aliphatic carbocycles. The molecule has 0 spiro atoms. The number of carbonyl (C=O) groups excluding carboxylic acids is 2. The molecule has 0 radical (unpaired) electrons. The van der Waals surface area contributed by atoms with E-state index in [0.717, 1.165) is 42.6 Å². The molecule has 4 nitrogen and oxygen atoms in total. The highest BCUT2D eigenvalue weighted by Gasteiger charge is 2.41. The standard InChI is InChI=1S/C24H32N2O2/c1-5-6-11-21(27)23-20(14-24(3,4)15-22(23)28)25-13-12-17-16(2)26-19-10-8-7-9-18(17)19/h7-10,23,26H,5-6,11-15H2,1-4H3/t23-/m1/s1. The van der Waals surface area contributed by atoms with Gasteiger partial charge in [-0.3, -0.25) is 14.6 Å². The van der Waals surface area contributed by atoms with Crippen LogP contribution >= 0.6 is 0 Å². The smallest absolute Gasteiger partial charge is 0.149 e. The van der Waals surface area contributed by atoms with Gasteiger partial charge in [-0.25, -0.2) is 0 Å². The zero-order chi connectivity index (χ0) is 20.3. The number of Topliss-reactive ketones (excluding diaryl/α,β-unsaturated/α-hetero) is 2. The summed E-state index contributed by atoms with van der Waals surface area (Å²) in [6.07, 6.45) is 4.29. The number of aromatic nitrogens is 1. The van der Waals surface area contributed by atoms with Crippen molar-refractivity contribution in [3.8, 4) is 0 Å². The average Bonchev–Trinajstić information content (AvgIpc) is 2.94. The second kappa shape index (κ2) is 8.42. The van der Waals surface area contributed by atoms with E-state index in [-0.39, 0.29) is 17.0 Å². The molecule has 0 amide bonds. The maximum absolute atomic E-state index is 12.7. The number of para-hydroxylation sites is 1. The molecule has 4 heteroatoms. The lowest BCUT2D eigenvalue weighted by molar-refractivity contribution is -0.132. The third kappa shape index (κ3) is 4.43. The zero-order valence-corrected chi connectivity index (χ0v) is 17.6. The highest BCUT2D eigenvalue weighted by molar-refractivity contribution is 6.22. The topological polar surface area (TPSA) is 62.3 Å². The number of benzene rings is 1. The van der Waals surface area contributed by atoms with Crippen LogP contribution in [0.4, 0.5) is 0 Å². The molecule has 150 valence electrons. The summed E-state index contributed by atoms with van der Waals surface area (Å²) < 4.78 is 0. The Hall–Kier alpha value is -2.23. The Kier molecular flexibility index (Phi) is 6.17. The van der Waals surface area contributed by atoms with Crippen molar-refractivity contribution < 1.29 is 9.59 Å². The van der Waals surface area contributed by atoms with Gasteiger partial charge in [-0.05, 0) is 43.2 Å². The second-order valence-corrected chi connectivity index (χ2v) is 8.88. The molecule has 0 bridgehead atoms. The van der Waals surface area contributed by atoms with Gasteiger partial charge < -0.3 is 4.98 Å². The first-order valence-corrected chi connectivity index (χ1v) is 10.5. The van der Waals surface area contributed by atoms with Crippen LogP contribution in [-0.2, 0) is 16.0 Å². The van der Waals surface area contributed by atoms with E-state index in [2.05, 4.69) is 50.9 Å². The molecule has 1 aromatic carbocycles. The summed E-state index contributed by atoms with van der Waals surface area (Å²) in [5.41, 5.74) is 4.27. The molecule has 1 aliphatic rings. The van der Waals surface area contributed by atoms with Crippen LogP contribution in [0.3, 0.4) is 0 Å². The highest BCUT2D eigenvalue weighted by Crippen LogP contribution is 2.35. The Labute approximate surface area is 167 Å². The van der Waals surface area contributed by atoms with Crippen LogP contribution in [0.5, 0.6) is 0 Å². The normalized spacial score (nSPS) is 20.8. The summed E-state index contributed by atoms with van der Waals surface area (Å²) >= 11 is 0. The summed E-state index contributed by atoms with van der Waals surface area (Å²) in [7, 11) is 0. The molecular formula is C24H32N2O2. The monoisotopic (exact) mass is 380 g/mol. The second-order valence-electron chi connectivity index (χ2n) is 8.88. The Bertz CT molecular complexity index is 904. The number of aliphatic imine (C=N–C) groups is 1. The number of nitrogens with one attached hydrogen (secondary N) is 1.